The second kappa shape index (κ2) is 5.26. The molecule has 4 rings (SSSR count). The second-order valence-electron chi connectivity index (χ2n) is 5.75. The smallest absolute Gasteiger partial charge is 0.266 e. The van der Waals surface area contributed by atoms with Crippen LogP contribution >= 0.6 is 11.3 Å². The van der Waals surface area contributed by atoms with Crippen LogP contribution in [-0.2, 0) is 19.4 Å². The van der Waals surface area contributed by atoms with Crippen molar-refractivity contribution < 1.29 is 0 Å². The molecule has 1 aliphatic carbocycles. The molecule has 0 saturated carbocycles. The van der Waals surface area contributed by atoms with Crippen LogP contribution in [0.1, 0.15) is 29.8 Å². The Balaban J connectivity index is 1.57. The third-order valence-electron chi connectivity index (χ3n) is 4.38. The average Bonchev–Trinajstić information content (AvgIpc) is 3.15. The minimum atomic E-state index is -0.0222. The molecule has 0 aromatic carbocycles. The third-order valence-corrected chi connectivity index (χ3v) is 5.57. The molecule has 0 spiro atoms. The molecular formula is C15H18N4OS. The van der Waals surface area contributed by atoms with E-state index in [2.05, 4.69) is 10.00 Å². The van der Waals surface area contributed by atoms with Gasteiger partial charge in [0.05, 0.1) is 18.3 Å². The Labute approximate surface area is 127 Å². The molecule has 0 bridgehead atoms. The number of rotatable bonds is 3. The third kappa shape index (κ3) is 2.37. The Morgan fingerprint density at radius 3 is 3.14 bits per heavy atom. The van der Waals surface area contributed by atoms with Crippen molar-refractivity contribution in [1.82, 2.24) is 14.8 Å². The van der Waals surface area contributed by atoms with Crippen LogP contribution in [0.4, 0.5) is 5.13 Å². The van der Waals surface area contributed by atoms with Crippen LogP contribution in [0.2, 0.25) is 0 Å². The number of nitrogens with zero attached hydrogens (tertiary/aromatic N) is 4. The first-order valence-corrected chi connectivity index (χ1v) is 8.40. The van der Waals surface area contributed by atoms with Crippen molar-refractivity contribution >= 4 is 16.5 Å². The maximum Gasteiger partial charge on any atom is 0.266 e. The summed E-state index contributed by atoms with van der Waals surface area (Å²) >= 11 is 1.84. The summed E-state index contributed by atoms with van der Waals surface area (Å²) in [7, 11) is 0. The number of hydrogen-bond donors (Lipinski definition) is 0. The number of aromatic nitrogens is 3. The van der Waals surface area contributed by atoms with Gasteiger partial charge in [-0.2, -0.15) is 5.10 Å². The van der Waals surface area contributed by atoms with Gasteiger partial charge in [-0.3, -0.25) is 4.79 Å². The van der Waals surface area contributed by atoms with Crippen LogP contribution in [0.3, 0.4) is 0 Å². The average molecular weight is 302 g/mol. The first-order valence-electron chi connectivity index (χ1n) is 7.58. The van der Waals surface area contributed by atoms with E-state index in [9.17, 15) is 4.79 Å². The molecule has 2 aromatic rings. The Hall–Kier alpha value is -1.69. The standard InChI is InChI=1S/C15H18N4OS/c20-14-7-2-8-16-19(14)10-11-4-3-9-18(11)15-17-12-5-1-6-13(12)21-15/h2,7-8,11H,1,3-6,9-10H2. The number of anilines is 1. The molecule has 1 aliphatic heterocycles. The van der Waals surface area contributed by atoms with Crippen molar-refractivity contribution in [3.05, 3.63) is 39.3 Å². The highest BCUT2D eigenvalue weighted by molar-refractivity contribution is 7.15. The van der Waals surface area contributed by atoms with Crippen molar-refractivity contribution in [2.24, 2.45) is 0 Å². The van der Waals surface area contributed by atoms with Gasteiger partial charge in [0.1, 0.15) is 0 Å². The van der Waals surface area contributed by atoms with Crippen LogP contribution in [-0.4, -0.2) is 27.4 Å². The number of aryl methyl sites for hydroxylation is 2. The summed E-state index contributed by atoms with van der Waals surface area (Å²) in [4.78, 5) is 20.5. The predicted molar refractivity (Wildman–Crippen MR) is 83.0 cm³/mol. The Kier molecular flexibility index (Phi) is 3.25. The van der Waals surface area contributed by atoms with E-state index in [-0.39, 0.29) is 5.56 Å². The van der Waals surface area contributed by atoms with Gasteiger partial charge in [0.2, 0.25) is 0 Å². The van der Waals surface area contributed by atoms with Gasteiger partial charge >= 0.3 is 0 Å². The predicted octanol–water partition coefficient (Wildman–Crippen LogP) is 1.86. The van der Waals surface area contributed by atoms with Crippen molar-refractivity contribution in [3.63, 3.8) is 0 Å². The number of fused-ring (bicyclic) bond motifs is 1. The first-order chi connectivity index (χ1) is 10.3. The molecular weight excluding hydrogens is 284 g/mol. The molecule has 3 heterocycles. The van der Waals surface area contributed by atoms with E-state index < -0.39 is 0 Å². The van der Waals surface area contributed by atoms with E-state index >= 15 is 0 Å². The van der Waals surface area contributed by atoms with Gasteiger partial charge in [0, 0.05) is 23.7 Å². The van der Waals surface area contributed by atoms with Gasteiger partial charge in [-0.1, -0.05) is 0 Å². The number of hydrogen-bond acceptors (Lipinski definition) is 5. The summed E-state index contributed by atoms with van der Waals surface area (Å²) < 4.78 is 1.57. The molecule has 1 atom stereocenters. The summed E-state index contributed by atoms with van der Waals surface area (Å²) in [6.07, 6.45) is 7.51. The quantitative estimate of drug-likeness (QED) is 0.868. The highest BCUT2D eigenvalue weighted by atomic mass is 32.1. The van der Waals surface area contributed by atoms with E-state index in [4.69, 9.17) is 4.98 Å². The van der Waals surface area contributed by atoms with Crippen LogP contribution in [0.25, 0.3) is 0 Å². The topological polar surface area (TPSA) is 51.0 Å². The summed E-state index contributed by atoms with van der Waals surface area (Å²) in [5.74, 6) is 0. The van der Waals surface area contributed by atoms with Crippen molar-refractivity contribution in [1.29, 1.82) is 0 Å². The van der Waals surface area contributed by atoms with E-state index in [1.165, 1.54) is 23.4 Å². The summed E-state index contributed by atoms with van der Waals surface area (Å²) in [5, 5.41) is 5.33. The van der Waals surface area contributed by atoms with Gasteiger partial charge in [-0.25, -0.2) is 9.67 Å². The molecule has 5 nitrogen and oxygen atoms in total. The molecule has 6 heteroatoms. The van der Waals surface area contributed by atoms with Crippen LogP contribution in [0.5, 0.6) is 0 Å². The van der Waals surface area contributed by atoms with Crippen molar-refractivity contribution in [3.8, 4) is 0 Å². The molecule has 2 aromatic heterocycles. The molecule has 1 unspecified atom stereocenters. The lowest BCUT2D eigenvalue weighted by molar-refractivity contribution is 0.488. The maximum atomic E-state index is 11.8. The van der Waals surface area contributed by atoms with Crippen molar-refractivity contribution in [2.45, 2.75) is 44.7 Å². The highest BCUT2D eigenvalue weighted by Crippen LogP contribution is 2.35. The molecule has 0 radical (unpaired) electrons. The monoisotopic (exact) mass is 302 g/mol. The SMILES string of the molecule is O=c1cccnn1CC1CCCN1c1nc2c(s1)CCC2. The number of thiazole rings is 1. The summed E-state index contributed by atoms with van der Waals surface area (Å²) in [5.41, 5.74) is 1.28. The molecule has 2 aliphatic rings. The normalized spacial score (nSPS) is 21.0. The maximum absolute atomic E-state index is 11.8. The molecule has 1 saturated heterocycles. The zero-order valence-corrected chi connectivity index (χ0v) is 12.7. The summed E-state index contributed by atoms with van der Waals surface area (Å²) in [6.45, 7) is 1.70. The molecule has 21 heavy (non-hydrogen) atoms. The van der Waals surface area contributed by atoms with Gasteiger partial charge in [0.25, 0.3) is 5.56 Å². The van der Waals surface area contributed by atoms with Gasteiger partial charge in [-0.05, 0) is 38.2 Å². The lowest BCUT2D eigenvalue weighted by atomic mass is 10.2. The van der Waals surface area contributed by atoms with Crippen LogP contribution < -0.4 is 10.5 Å². The fourth-order valence-corrected chi connectivity index (χ4v) is 4.55. The van der Waals surface area contributed by atoms with E-state index in [1.807, 2.05) is 11.3 Å². The highest BCUT2D eigenvalue weighted by Gasteiger charge is 2.29. The molecule has 1 fully saturated rings. The van der Waals surface area contributed by atoms with Crippen LogP contribution in [0, 0.1) is 0 Å². The molecule has 0 N–H and O–H groups in total. The zero-order valence-electron chi connectivity index (χ0n) is 11.9. The second-order valence-corrected chi connectivity index (χ2v) is 6.82. The van der Waals surface area contributed by atoms with E-state index in [1.54, 1.807) is 23.0 Å². The van der Waals surface area contributed by atoms with Gasteiger partial charge in [-0.15, -0.1) is 11.3 Å². The van der Waals surface area contributed by atoms with Crippen LogP contribution in [0.15, 0.2) is 23.1 Å². The minimum Gasteiger partial charge on any atom is -0.343 e. The molecule has 110 valence electrons. The van der Waals surface area contributed by atoms with Gasteiger partial charge in [0.15, 0.2) is 5.13 Å². The lowest BCUT2D eigenvalue weighted by Gasteiger charge is -2.24. The molecule has 0 amide bonds. The fraction of sp³-hybridized carbons (Fsp3) is 0.533. The Morgan fingerprint density at radius 1 is 1.33 bits per heavy atom. The Bertz CT molecular complexity index is 686. The summed E-state index contributed by atoms with van der Waals surface area (Å²) in [6, 6.07) is 3.60. The zero-order chi connectivity index (χ0) is 14.2. The van der Waals surface area contributed by atoms with Gasteiger partial charge < -0.3 is 4.90 Å². The Morgan fingerprint density at radius 2 is 2.29 bits per heavy atom. The van der Waals surface area contributed by atoms with Crippen molar-refractivity contribution in [2.75, 3.05) is 11.4 Å². The first kappa shape index (κ1) is 13.0. The lowest BCUT2D eigenvalue weighted by Crippen LogP contribution is -2.36. The largest absolute Gasteiger partial charge is 0.343 e. The minimum absolute atomic E-state index is 0.0222. The van der Waals surface area contributed by atoms with E-state index in [0.29, 0.717) is 12.6 Å². The van der Waals surface area contributed by atoms with E-state index in [0.717, 1.165) is 30.9 Å². The fourth-order valence-electron chi connectivity index (χ4n) is 3.30.